The van der Waals surface area contributed by atoms with Crippen LogP contribution < -0.4 is 21.3 Å². The second-order valence-electron chi connectivity index (χ2n) is 7.80. The Bertz CT molecular complexity index is 1670. The molecule has 1 amide bonds. The van der Waals surface area contributed by atoms with Crippen molar-refractivity contribution in [2.75, 3.05) is 12.4 Å². The topological polar surface area (TPSA) is 95.2 Å². The molecular weight excluding hydrogens is 471 g/mol. The third-order valence-electron chi connectivity index (χ3n) is 5.54. The van der Waals surface area contributed by atoms with Crippen LogP contribution in [0.2, 0.25) is 0 Å². The van der Waals surface area contributed by atoms with Gasteiger partial charge in [0.2, 0.25) is 5.91 Å². The number of ether oxygens (including phenoxy) is 1. The van der Waals surface area contributed by atoms with Crippen LogP contribution in [0.25, 0.3) is 20.4 Å². The van der Waals surface area contributed by atoms with Gasteiger partial charge in [0.15, 0.2) is 0 Å². The number of benzene rings is 2. The maximum absolute atomic E-state index is 13.5. The van der Waals surface area contributed by atoms with E-state index in [2.05, 4.69) is 10.3 Å². The first-order valence-corrected chi connectivity index (χ1v) is 11.5. The first-order chi connectivity index (χ1) is 16.9. The highest BCUT2D eigenvalue weighted by Gasteiger charge is 2.20. The van der Waals surface area contributed by atoms with Gasteiger partial charge in [-0.3, -0.25) is 18.7 Å². The molecule has 0 aliphatic rings. The van der Waals surface area contributed by atoms with Crippen molar-refractivity contribution in [2.24, 2.45) is 0 Å². The van der Waals surface area contributed by atoms with Gasteiger partial charge in [0.1, 0.15) is 27.6 Å². The molecule has 5 rings (SSSR count). The molecule has 1 N–H and O–H groups in total. The lowest BCUT2D eigenvalue weighted by atomic mass is 10.2. The quantitative estimate of drug-likeness (QED) is 0.392. The molecule has 0 unspecified atom stereocenters. The molecule has 5 aromatic rings. The summed E-state index contributed by atoms with van der Waals surface area (Å²) in [4.78, 5) is 44.7. The van der Waals surface area contributed by atoms with Crippen LogP contribution in [0.15, 0.2) is 76.4 Å². The van der Waals surface area contributed by atoms with Crippen LogP contribution in [0.3, 0.4) is 0 Å². The van der Waals surface area contributed by atoms with Crippen LogP contribution in [-0.4, -0.2) is 27.1 Å². The van der Waals surface area contributed by atoms with Gasteiger partial charge in [-0.15, -0.1) is 11.3 Å². The van der Waals surface area contributed by atoms with Gasteiger partial charge >= 0.3 is 5.69 Å². The highest BCUT2D eigenvalue weighted by Crippen LogP contribution is 2.29. The van der Waals surface area contributed by atoms with E-state index >= 15 is 0 Å². The molecule has 2 aromatic carbocycles. The second kappa shape index (κ2) is 9.15. The summed E-state index contributed by atoms with van der Waals surface area (Å²) in [6.07, 6.45) is 1.60. The predicted molar refractivity (Wildman–Crippen MR) is 133 cm³/mol. The van der Waals surface area contributed by atoms with Crippen molar-refractivity contribution in [3.63, 3.8) is 0 Å². The number of aromatic nitrogens is 3. The molecule has 35 heavy (non-hydrogen) atoms. The first-order valence-electron chi connectivity index (χ1n) is 10.6. The smallest absolute Gasteiger partial charge is 0.332 e. The van der Waals surface area contributed by atoms with Gasteiger partial charge in [-0.25, -0.2) is 14.2 Å². The normalized spacial score (nSPS) is 11.1. The molecule has 8 nitrogen and oxygen atoms in total. The van der Waals surface area contributed by atoms with E-state index in [1.165, 1.54) is 28.8 Å². The first kappa shape index (κ1) is 22.5. The van der Waals surface area contributed by atoms with Crippen molar-refractivity contribution in [3.05, 3.63) is 99.1 Å². The zero-order valence-electron chi connectivity index (χ0n) is 18.5. The summed E-state index contributed by atoms with van der Waals surface area (Å²) in [6.45, 7) is -0.374. The van der Waals surface area contributed by atoms with Gasteiger partial charge in [0, 0.05) is 17.3 Å². The molecule has 10 heteroatoms. The third-order valence-corrected chi connectivity index (χ3v) is 6.63. The number of hydrogen-bond donors (Lipinski definition) is 1. The number of carbonyl (C=O) groups excluding carboxylic acids is 1. The number of pyridine rings is 1. The molecule has 0 fully saturated rings. The van der Waals surface area contributed by atoms with Crippen LogP contribution in [0.4, 0.5) is 10.1 Å². The van der Waals surface area contributed by atoms with Crippen molar-refractivity contribution >= 4 is 43.4 Å². The van der Waals surface area contributed by atoms with E-state index in [4.69, 9.17) is 4.74 Å². The Labute approximate surface area is 201 Å². The maximum atomic E-state index is 13.5. The summed E-state index contributed by atoms with van der Waals surface area (Å²) >= 11 is 1.16. The third kappa shape index (κ3) is 4.31. The average molecular weight is 491 g/mol. The minimum atomic E-state index is -0.639. The molecule has 0 aliphatic carbocycles. The van der Waals surface area contributed by atoms with Crippen LogP contribution >= 0.6 is 11.3 Å². The molecule has 176 valence electrons. The Morgan fingerprint density at radius 2 is 1.80 bits per heavy atom. The lowest BCUT2D eigenvalue weighted by molar-refractivity contribution is -0.116. The second-order valence-corrected chi connectivity index (χ2v) is 8.80. The van der Waals surface area contributed by atoms with Crippen LogP contribution in [0.5, 0.6) is 5.75 Å². The van der Waals surface area contributed by atoms with Crippen molar-refractivity contribution < 1.29 is 13.9 Å². The molecule has 0 radical (unpaired) electrons. The lowest BCUT2D eigenvalue weighted by Crippen LogP contribution is -2.41. The molecule has 0 atom stereocenters. The molecule has 0 saturated heterocycles. The monoisotopic (exact) mass is 490 g/mol. The molecule has 3 aromatic heterocycles. The highest BCUT2D eigenvalue weighted by molar-refractivity contribution is 7.25. The SMILES string of the molecule is COc1ccc(NC(=O)Cn2c(=O)n(Cc3ccc(F)cc3)c(=O)c3sc4ncccc4c32)cc1. The number of carbonyl (C=O) groups is 1. The highest BCUT2D eigenvalue weighted by atomic mass is 32.1. The van der Waals surface area contributed by atoms with E-state index in [1.807, 2.05) is 0 Å². The molecule has 0 bridgehead atoms. The van der Waals surface area contributed by atoms with Gasteiger partial charge in [0.25, 0.3) is 5.56 Å². The standard InChI is InChI=1S/C25H19FN4O4S/c1-34-18-10-8-17(9-11-18)28-20(31)14-29-21-19-3-2-12-27-23(19)35-22(21)24(32)30(25(29)33)13-15-4-6-16(26)7-5-15/h2-12H,13-14H2,1H3,(H,28,31). The fraction of sp³-hybridized carbons (Fsp3) is 0.120. The zero-order valence-corrected chi connectivity index (χ0v) is 19.3. The summed E-state index contributed by atoms with van der Waals surface area (Å²) in [7, 11) is 1.55. The zero-order chi connectivity index (χ0) is 24.5. The average Bonchev–Trinajstić information content (AvgIpc) is 3.26. The van der Waals surface area contributed by atoms with E-state index in [0.29, 0.717) is 37.4 Å². The van der Waals surface area contributed by atoms with E-state index in [1.54, 1.807) is 49.7 Å². The number of fused-ring (bicyclic) bond motifs is 3. The summed E-state index contributed by atoms with van der Waals surface area (Å²) in [5.74, 6) is -0.209. The van der Waals surface area contributed by atoms with Crippen molar-refractivity contribution in [2.45, 2.75) is 13.1 Å². The number of halogens is 1. The van der Waals surface area contributed by atoms with Crippen LogP contribution in [0, 0.1) is 5.82 Å². The molecule has 0 aliphatic heterocycles. The largest absolute Gasteiger partial charge is 0.497 e. The lowest BCUT2D eigenvalue weighted by Gasteiger charge is -2.13. The summed E-state index contributed by atoms with van der Waals surface area (Å²) in [6, 6.07) is 15.8. The van der Waals surface area contributed by atoms with Gasteiger partial charge in [-0.2, -0.15) is 0 Å². The molecule has 3 heterocycles. The summed E-state index contributed by atoms with van der Waals surface area (Å²) in [5.41, 5.74) is 0.368. The van der Waals surface area contributed by atoms with E-state index in [-0.39, 0.29) is 13.1 Å². The van der Waals surface area contributed by atoms with E-state index in [9.17, 15) is 18.8 Å². The number of anilines is 1. The number of nitrogens with one attached hydrogen (secondary N) is 1. The summed E-state index contributed by atoms with van der Waals surface area (Å²) in [5, 5.41) is 3.39. The number of nitrogens with zero attached hydrogens (tertiary/aromatic N) is 3. The number of rotatable bonds is 6. The number of thiophene rings is 1. The minimum absolute atomic E-state index is 0.0599. The maximum Gasteiger partial charge on any atom is 0.332 e. The van der Waals surface area contributed by atoms with Crippen molar-refractivity contribution in [1.29, 1.82) is 0 Å². The van der Waals surface area contributed by atoms with Gasteiger partial charge in [-0.05, 0) is 54.1 Å². The van der Waals surface area contributed by atoms with Gasteiger partial charge in [-0.1, -0.05) is 12.1 Å². The van der Waals surface area contributed by atoms with Crippen LogP contribution in [0.1, 0.15) is 5.56 Å². The Kier molecular flexibility index (Phi) is 5.87. The fourth-order valence-electron chi connectivity index (χ4n) is 3.86. The number of amides is 1. The Morgan fingerprint density at radius 3 is 2.51 bits per heavy atom. The number of methoxy groups -OCH3 is 1. The van der Waals surface area contributed by atoms with E-state index < -0.39 is 23.0 Å². The molecule has 0 saturated carbocycles. The number of hydrogen-bond acceptors (Lipinski definition) is 6. The summed E-state index contributed by atoms with van der Waals surface area (Å²) < 4.78 is 21.1. The minimum Gasteiger partial charge on any atom is -0.497 e. The van der Waals surface area contributed by atoms with E-state index in [0.717, 1.165) is 15.9 Å². The van der Waals surface area contributed by atoms with Crippen LogP contribution in [-0.2, 0) is 17.9 Å². The van der Waals surface area contributed by atoms with Crippen molar-refractivity contribution in [3.8, 4) is 5.75 Å². The molecular formula is C25H19FN4O4S. The Morgan fingerprint density at radius 1 is 1.06 bits per heavy atom. The fourth-order valence-corrected chi connectivity index (χ4v) is 4.96. The Hall–Kier alpha value is -4.31. The van der Waals surface area contributed by atoms with Crippen molar-refractivity contribution in [1.82, 2.24) is 14.1 Å². The molecule has 0 spiro atoms. The Balaban J connectivity index is 1.61. The van der Waals surface area contributed by atoms with Gasteiger partial charge in [0.05, 0.1) is 19.2 Å². The van der Waals surface area contributed by atoms with Gasteiger partial charge < -0.3 is 10.1 Å². The predicted octanol–water partition coefficient (Wildman–Crippen LogP) is 3.61.